The van der Waals surface area contributed by atoms with Crippen molar-refractivity contribution < 1.29 is 17.9 Å². The molecule has 0 aliphatic carbocycles. The predicted octanol–water partition coefficient (Wildman–Crippen LogP) is 5.01. The van der Waals surface area contributed by atoms with Crippen molar-refractivity contribution in [3.05, 3.63) is 72.8 Å². The highest BCUT2D eigenvalue weighted by Gasteiger charge is 2.33. The highest BCUT2D eigenvalue weighted by Crippen LogP contribution is 2.31. The normalized spacial score (nSPS) is 16.8. The number of rotatable bonds is 6. The van der Waals surface area contributed by atoms with Crippen LogP contribution in [0.1, 0.15) is 12.8 Å². The van der Waals surface area contributed by atoms with Crippen LogP contribution in [0.15, 0.2) is 77.7 Å². The number of thiazole rings is 1. The van der Waals surface area contributed by atoms with Crippen LogP contribution in [-0.2, 0) is 14.8 Å². The van der Waals surface area contributed by atoms with E-state index < -0.39 is 15.9 Å². The van der Waals surface area contributed by atoms with Crippen molar-refractivity contribution in [2.45, 2.75) is 17.7 Å². The zero-order valence-corrected chi connectivity index (χ0v) is 20.8. The van der Waals surface area contributed by atoms with Gasteiger partial charge in [0.25, 0.3) is 0 Å². The van der Waals surface area contributed by atoms with Gasteiger partial charge in [0.05, 0.1) is 28.1 Å². The van der Waals surface area contributed by atoms with E-state index in [1.807, 2.05) is 48.5 Å². The molecule has 1 saturated heterocycles. The molecule has 7 nitrogen and oxygen atoms in total. The average molecular weight is 508 g/mol. The van der Waals surface area contributed by atoms with Crippen LogP contribution in [0.5, 0.6) is 5.75 Å². The van der Waals surface area contributed by atoms with Crippen LogP contribution in [0, 0.1) is 5.92 Å². The molecule has 0 radical (unpaired) electrons. The summed E-state index contributed by atoms with van der Waals surface area (Å²) in [5.41, 5.74) is 2.63. The standard InChI is InChI=1S/C26H25N3O4S2/c1-33-21-12-14-22(15-13-21)35(31,32)29-16-4-5-19(17-29)25(30)27-20-10-8-18(9-11-20)26-28-23-6-2-3-7-24(23)34-26/h2-3,6-15,19H,4-5,16-17H2,1H3,(H,27,30). The number of hydrogen-bond acceptors (Lipinski definition) is 6. The first-order valence-corrected chi connectivity index (χ1v) is 13.6. The SMILES string of the molecule is COc1ccc(S(=O)(=O)N2CCCC(C(=O)Nc3ccc(-c4nc5ccccc5s4)cc3)C2)cc1. The summed E-state index contributed by atoms with van der Waals surface area (Å²) in [6.45, 7) is 0.555. The van der Waals surface area contributed by atoms with Crippen LogP contribution >= 0.6 is 11.3 Å². The molecule has 1 aromatic heterocycles. The molecule has 2 heterocycles. The van der Waals surface area contributed by atoms with Gasteiger partial charge < -0.3 is 10.1 Å². The van der Waals surface area contributed by atoms with Gasteiger partial charge in [0.1, 0.15) is 10.8 Å². The fourth-order valence-electron chi connectivity index (χ4n) is 4.21. The second kappa shape index (κ2) is 9.77. The zero-order valence-electron chi connectivity index (χ0n) is 19.2. The van der Waals surface area contributed by atoms with E-state index in [1.165, 1.54) is 23.5 Å². The molecule has 0 bridgehead atoms. The molecule has 1 unspecified atom stereocenters. The van der Waals surface area contributed by atoms with Gasteiger partial charge in [-0.25, -0.2) is 13.4 Å². The lowest BCUT2D eigenvalue weighted by Crippen LogP contribution is -2.43. The Balaban J connectivity index is 1.25. The van der Waals surface area contributed by atoms with E-state index in [4.69, 9.17) is 4.74 Å². The third-order valence-electron chi connectivity index (χ3n) is 6.15. The number of ether oxygens (including phenoxy) is 1. The molecule has 1 aliphatic heterocycles. The summed E-state index contributed by atoms with van der Waals surface area (Å²) in [5.74, 6) is 0.00193. The summed E-state index contributed by atoms with van der Waals surface area (Å²) in [4.78, 5) is 17.8. The summed E-state index contributed by atoms with van der Waals surface area (Å²) in [6, 6.07) is 21.9. The van der Waals surface area contributed by atoms with Crippen LogP contribution in [0.4, 0.5) is 5.69 Å². The summed E-state index contributed by atoms with van der Waals surface area (Å²) < 4.78 is 33.8. The molecule has 9 heteroatoms. The fraction of sp³-hybridized carbons (Fsp3) is 0.231. The largest absolute Gasteiger partial charge is 0.497 e. The van der Waals surface area contributed by atoms with Crippen molar-refractivity contribution >= 4 is 43.2 Å². The van der Waals surface area contributed by atoms with E-state index in [9.17, 15) is 13.2 Å². The molecule has 1 amide bonds. The van der Waals surface area contributed by atoms with E-state index in [-0.39, 0.29) is 17.3 Å². The molecule has 1 atom stereocenters. The number of nitrogens with zero attached hydrogens (tertiary/aromatic N) is 2. The van der Waals surface area contributed by atoms with Gasteiger partial charge in [-0.15, -0.1) is 11.3 Å². The van der Waals surface area contributed by atoms with Gasteiger partial charge in [-0.2, -0.15) is 4.31 Å². The Morgan fingerprint density at radius 1 is 1.06 bits per heavy atom. The van der Waals surface area contributed by atoms with Crippen LogP contribution in [0.2, 0.25) is 0 Å². The summed E-state index contributed by atoms with van der Waals surface area (Å²) in [7, 11) is -2.15. The Labute approximate surface area is 208 Å². The van der Waals surface area contributed by atoms with E-state index >= 15 is 0 Å². The third-order valence-corrected chi connectivity index (χ3v) is 9.11. The number of benzene rings is 3. The zero-order chi connectivity index (χ0) is 24.4. The monoisotopic (exact) mass is 507 g/mol. The summed E-state index contributed by atoms with van der Waals surface area (Å²) in [6.07, 6.45) is 1.27. The molecule has 1 aliphatic rings. The first-order valence-electron chi connectivity index (χ1n) is 11.3. The van der Waals surface area contributed by atoms with Gasteiger partial charge >= 0.3 is 0 Å². The molecule has 5 rings (SSSR count). The number of methoxy groups -OCH3 is 1. The number of aromatic nitrogens is 1. The maximum absolute atomic E-state index is 13.1. The summed E-state index contributed by atoms with van der Waals surface area (Å²) in [5, 5.41) is 3.88. The van der Waals surface area contributed by atoms with Crippen LogP contribution < -0.4 is 10.1 Å². The van der Waals surface area contributed by atoms with Crippen LogP contribution in [0.25, 0.3) is 20.8 Å². The van der Waals surface area contributed by atoms with Crippen LogP contribution in [-0.4, -0.2) is 43.8 Å². The number of amides is 1. The topological polar surface area (TPSA) is 88.6 Å². The highest BCUT2D eigenvalue weighted by atomic mass is 32.2. The Kier molecular flexibility index (Phi) is 6.55. The minimum Gasteiger partial charge on any atom is -0.497 e. The van der Waals surface area contributed by atoms with E-state index in [1.54, 1.807) is 23.5 Å². The number of hydrogen-bond donors (Lipinski definition) is 1. The van der Waals surface area contributed by atoms with Crippen molar-refractivity contribution in [2.24, 2.45) is 5.92 Å². The van der Waals surface area contributed by atoms with Crippen molar-refractivity contribution in [1.29, 1.82) is 0 Å². The Morgan fingerprint density at radius 3 is 2.51 bits per heavy atom. The van der Waals surface area contributed by atoms with Crippen LogP contribution in [0.3, 0.4) is 0 Å². The van der Waals surface area contributed by atoms with E-state index in [2.05, 4.69) is 10.3 Å². The molecule has 0 spiro atoms. The third kappa shape index (κ3) is 4.93. The Morgan fingerprint density at radius 2 is 1.80 bits per heavy atom. The number of anilines is 1. The maximum Gasteiger partial charge on any atom is 0.243 e. The van der Waals surface area contributed by atoms with Crippen molar-refractivity contribution in [2.75, 3.05) is 25.5 Å². The summed E-state index contributed by atoms with van der Waals surface area (Å²) >= 11 is 1.63. The number of piperidine rings is 1. The minimum atomic E-state index is -3.68. The predicted molar refractivity (Wildman–Crippen MR) is 138 cm³/mol. The lowest BCUT2D eigenvalue weighted by molar-refractivity contribution is -0.120. The van der Waals surface area contributed by atoms with Gasteiger partial charge in [-0.3, -0.25) is 4.79 Å². The molecule has 3 aromatic carbocycles. The molecule has 35 heavy (non-hydrogen) atoms. The molecule has 4 aromatic rings. The lowest BCUT2D eigenvalue weighted by Gasteiger charge is -2.31. The van der Waals surface area contributed by atoms with Gasteiger partial charge in [-0.05, 0) is 73.5 Å². The molecule has 1 N–H and O–H groups in total. The molecular weight excluding hydrogens is 482 g/mol. The molecular formula is C26H25N3O4S2. The second-order valence-corrected chi connectivity index (χ2v) is 11.4. The van der Waals surface area contributed by atoms with Crippen molar-refractivity contribution in [3.63, 3.8) is 0 Å². The molecule has 180 valence electrons. The van der Waals surface area contributed by atoms with E-state index in [0.717, 1.165) is 20.8 Å². The van der Waals surface area contributed by atoms with Crippen molar-refractivity contribution in [1.82, 2.24) is 9.29 Å². The maximum atomic E-state index is 13.1. The first kappa shape index (κ1) is 23.5. The minimum absolute atomic E-state index is 0.157. The van der Waals surface area contributed by atoms with Crippen molar-refractivity contribution in [3.8, 4) is 16.3 Å². The number of fused-ring (bicyclic) bond motifs is 1. The van der Waals surface area contributed by atoms with Gasteiger partial charge in [0.15, 0.2) is 0 Å². The number of para-hydroxylation sites is 1. The molecule has 1 fully saturated rings. The number of carbonyl (C=O) groups excluding carboxylic acids is 1. The van der Waals surface area contributed by atoms with Gasteiger partial charge in [0, 0.05) is 24.3 Å². The molecule has 0 saturated carbocycles. The van der Waals surface area contributed by atoms with Gasteiger partial charge in [-0.1, -0.05) is 12.1 Å². The number of carbonyl (C=O) groups is 1. The lowest BCUT2D eigenvalue weighted by atomic mass is 9.98. The number of nitrogens with one attached hydrogen (secondary N) is 1. The Bertz CT molecular complexity index is 1420. The van der Waals surface area contributed by atoms with Gasteiger partial charge in [0.2, 0.25) is 15.9 Å². The second-order valence-electron chi connectivity index (χ2n) is 8.43. The Hall–Kier alpha value is -3.27. The fourth-order valence-corrected chi connectivity index (χ4v) is 6.70. The van der Waals surface area contributed by atoms with E-state index in [0.29, 0.717) is 30.8 Å². The number of sulfonamides is 1. The average Bonchev–Trinajstić information content (AvgIpc) is 3.33. The first-order chi connectivity index (χ1) is 16.9. The quantitative estimate of drug-likeness (QED) is 0.396. The smallest absolute Gasteiger partial charge is 0.243 e. The highest BCUT2D eigenvalue weighted by molar-refractivity contribution is 7.89.